The molecule has 30 heavy (non-hydrogen) atoms. The minimum absolute atomic E-state index is 0.0198. The molecule has 0 bridgehead atoms. The number of nitro benzene ring substituents is 1. The SMILES string of the molecule is CCN(CC)CCN(C(=O)c1cccc(SC)c1)c1nc2ccc([N+](=O)[O-])cc2s1. The Bertz CT molecular complexity index is 1050. The Kier molecular flexibility index (Phi) is 7.41. The van der Waals surface area contributed by atoms with Crippen molar-refractivity contribution in [3.05, 3.63) is 58.1 Å². The minimum atomic E-state index is -0.421. The summed E-state index contributed by atoms with van der Waals surface area (Å²) in [6.45, 7) is 7.19. The van der Waals surface area contributed by atoms with Crippen LogP contribution in [0.25, 0.3) is 10.2 Å². The fourth-order valence-corrected chi connectivity index (χ4v) is 4.59. The van der Waals surface area contributed by atoms with Crippen molar-refractivity contribution in [3.8, 4) is 0 Å². The van der Waals surface area contributed by atoms with E-state index in [1.165, 1.54) is 23.5 Å². The molecule has 1 aromatic heterocycles. The second kappa shape index (κ2) is 10.0. The number of rotatable bonds is 9. The van der Waals surface area contributed by atoms with Gasteiger partial charge in [0.2, 0.25) is 0 Å². The zero-order valence-electron chi connectivity index (χ0n) is 17.2. The summed E-state index contributed by atoms with van der Waals surface area (Å²) in [6, 6.07) is 12.1. The molecule has 3 rings (SSSR count). The van der Waals surface area contributed by atoms with E-state index in [0.717, 1.165) is 24.5 Å². The number of anilines is 1. The number of amides is 1. The number of nitrogens with zero attached hydrogens (tertiary/aromatic N) is 4. The van der Waals surface area contributed by atoms with E-state index in [9.17, 15) is 14.9 Å². The number of nitro groups is 1. The smallest absolute Gasteiger partial charge is 0.270 e. The Balaban J connectivity index is 1.98. The van der Waals surface area contributed by atoms with Crippen LogP contribution >= 0.6 is 23.1 Å². The number of fused-ring (bicyclic) bond motifs is 1. The first-order chi connectivity index (χ1) is 14.5. The number of carbonyl (C=O) groups is 1. The van der Waals surface area contributed by atoms with Gasteiger partial charge in [-0.25, -0.2) is 4.98 Å². The maximum Gasteiger partial charge on any atom is 0.270 e. The summed E-state index contributed by atoms with van der Waals surface area (Å²) in [5, 5.41) is 11.7. The van der Waals surface area contributed by atoms with Crippen LogP contribution in [0.3, 0.4) is 0 Å². The predicted molar refractivity (Wildman–Crippen MR) is 124 cm³/mol. The average Bonchev–Trinajstić information content (AvgIpc) is 3.19. The monoisotopic (exact) mass is 444 g/mol. The lowest BCUT2D eigenvalue weighted by Gasteiger charge is -2.24. The molecule has 9 heteroatoms. The minimum Gasteiger partial charge on any atom is -0.302 e. The van der Waals surface area contributed by atoms with Crippen LogP contribution in [-0.2, 0) is 0 Å². The van der Waals surface area contributed by atoms with Crippen molar-refractivity contribution in [1.29, 1.82) is 0 Å². The summed E-state index contributed by atoms with van der Waals surface area (Å²) in [7, 11) is 0. The Morgan fingerprint density at radius 2 is 1.93 bits per heavy atom. The van der Waals surface area contributed by atoms with Gasteiger partial charge in [-0.3, -0.25) is 19.8 Å². The lowest BCUT2D eigenvalue weighted by Crippen LogP contribution is -2.38. The van der Waals surface area contributed by atoms with Crippen LogP contribution in [0, 0.1) is 10.1 Å². The highest BCUT2D eigenvalue weighted by Gasteiger charge is 2.23. The van der Waals surface area contributed by atoms with Gasteiger partial charge >= 0.3 is 0 Å². The van der Waals surface area contributed by atoms with E-state index in [4.69, 9.17) is 0 Å². The van der Waals surface area contributed by atoms with Crippen molar-refractivity contribution < 1.29 is 9.72 Å². The van der Waals surface area contributed by atoms with Crippen molar-refractivity contribution in [1.82, 2.24) is 9.88 Å². The Morgan fingerprint density at radius 3 is 2.60 bits per heavy atom. The van der Waals surface area contributed by atoms with Crippen LogP contribution in [0.4, 0.5) is 10.8 Å². The first-order valence-electron chi connectivity index (χ1n) is 9.70. The van der Waals surface area contributed by atoms with Gasteiger partial charge in [-0.2, -0.15) is 0 Å². The van der Waals surface area contributed by atoms with Gasteiger partial charge < -0.3 is 4.90 Å². The largest absolute Gasteiger partial charge is 0.302 e. The zero-order valence-corrected chi connectivity index (χ0v) is 18.8. The van der Waals surface area contributed by atoms with Gasteiger partial charge in [0.25, 0.3) is 11.6 Å². The fourth-order valence-electron chi connectivity index (χ4n) is 3.11. The molecule has 0 unspecified atom stereocenters. The number of aromatic nitrogens is 1. The number of hydrogen-bond donors (Lipinski definition) is 0. The Labute approximate surface area is 183 Å². The first-order valence-corrected chi connectivity index (χ1v) is 11.7. The maximum absolute atomic E-state index is 13.4. The molecular formula is C21H24N4O3S2. The van der Waals surface area contributed by atoms with Crippen molar-refractivity contribution >= 4 is 50.0 Å². The molecule has 0 saturated heterocycles. The molecule has 0 atom stereocenters. The number of non-ortho nitro benzene ring substituents is 1. The van der Waals surface area contributed by atoms with Crippen molar-refractivity contribution in [2.75, 3.05) is 37.3 Å². The van der Waals surface area contributed by atoms with E-state index in [2.05, 4.69) is 23.7 Å². The van der Waals surface area contributed by atoms with Gasteiger partial charge in [0, 0.05) is 35.7 Å². The second-order valence-electron chi connectivity index (χ2n) is 6.62. The number of thiazole rings is 1. The molecule has 0 fully saturated rings. The summed E-state index contributed by atoms with van der Waals surface area (Å²) in [4.78, 5) is 33.7. The Hall–Kier alpha value is -2.49. The van der Waals surface area contributed by atoms with E-state index < -0.39 is 4.92 Å². The first kappa shape index (κ1) is 22.2. The number of carbonyl (C=O) groups excluding carboxylic acids is 1. The predicted octanol–water partition coefficient (Wildman–Crippen LogP) is 4.92. The summed E-state index contributed by atoms with van der Waals surface area (Å²) in [6.07, 6.45) is 1.97. The highest BCUT2D eigenvalue weighted by atomic mass is 32.2. The highest BCUT2D eigenvalue weighted by Crippen LogP contribution is 2.32. The third-order valence-electron chi connectivity index (χ3n) is 4.90. The lowest BCUT2D eigenvalue weighted by atomic mass is 10.2. The molecule has 3 aromatic rings. The molecular weight excluding hydrogens is 420 g/mol. The standard InChI is InChI=1S/C21H24N4O3S2/c1-4-23(5-2)11-12-24(20(26)15-7-6-8-17(13-15)29-3)21-22-18-10-9-16(25(27)28)14-19(18)30-21/h6-10,13-14H,4-5,11-12H2,1-3H3. The quantitative estimate of drug-likeness (QED) is 0.265. The summed E-state index contributed by atoms with van der Waals surface area (Å²) in [5.41, 5.74) is 1.28. The van der Waals surface area contributed by atoms with Gasteiger partial charge in [-0.1, -0.05) is 31.3 Å². The molecule has 0 spiro atoms. The van der Waals surface area contributed by atoms with E-state index in [-0.39, 0.29) is 11.6 Å². The van der Waals surface area contributed by atoms with Gasteiger partial charge in [-0.05, 0) is 43.6 Å². The fraction of sp³-hybridized carbons (Fsp3) is 0.333. The second-order valence-corrected chi connectivity index (χ2v) is 8.51. The molecule has 0 aliphatic carbocycles. The van der Waals surface area contributed by atoms with Crippen molar-refractivity contribution in [2.24, 2.45) is 0 Å². The lowest BCUT2D eigenvalue weighted by molar-refractivity contribution is -0.384. The van der Waals surface area contributed by atoms with Crippen molar-refractivity contribution in [2.45, 2.75) is 18.7 Å². The molecule has 7 nitrogen and oxygen atoms in total. The molecule has 0 saturated carbocycles. The average molecular weight is 445 g/mol. The zero-order chi connectivity index (χ0) is 21.7. The summed E-state index contributed by atoms with van der Waals surface area (Å²) < 4.78 is 0.692. The van der Waals surface area contributed by atoms with E-state index in [0.29, 0.717) is 27.5 Å². The van der Waals surface area contributed by atoms with E-state index in [1.54, 1.807) is 22.7 Å². The normalized spacial score (nSPS) is 11.2. The van der Waals surface area contributed by atoms with Crippen molar-refractivity contribution in [3.63, 3.8) is 0 Å². The van der Waals surface area contributed by atoms with E-state index in [1.807, 2.05) is 30.5 Å². The van der Waals surface area contributed by atoms with Crippen LogP contribution in [0.1, 0.15) is 24.2 Å². The van der Waals surface area contributed by atoms with Gasteiger partial charge in [0.15, 0.2) is 5.13 Å². The Morgan fingerprint density at radius 1 is 1.17 bits per heavy atom. The van der Waals surface area contributed by atoms with Gasteiger partial charge in [0.05, 0.1) is 15.1 Å². The van der Waals surface area contributed by atoms with Crippen LogP contribution in [-0.4, -0.2) is 53.1 Å². The molecule has 0 radical (unpaired) electrons. The van der Waals surface area contributed by atoms with Crippen LogP contribution in [0.5, 0.6) is 0 Å². The third kappa shape index (κ3) is 4.97. The third-order valence-corrected chi connectivity index (χ3v) is 6.67. The topological polar surface area (TPSA) is 79.6 Å². The van der Waals surface area contributed by atoms with Crippen LogP contribution in [0.15, 0.2) is 47.4 Å². The summed E-state index contributed by atoms with van der Waals surface area (Å²) >= 11 is 2.89. The van der Waals surface area contributed by atoms with E-state index >= 15 is 0 Å². The number of benzene rings is 2. The molecule has 2 aromatic carbocycles. The molecule has 0 N–H and O–H groups in total. The molecule has 158 valence electrons. The molecule has 0 aliphatic heterocycles. The molecule has 0 aliphatic rings. The number of hydrogen-bond acceptors (Lipinski definition) is 7. The highest BCUT2D eigenvalue weighted by molar-refractivity contribution is 7.98. The maximum atomic E-state index is 13.4. The van der Waals surface area contributed by atoms with Gasteiger partial charge in [0.1, 0.15) is 0 Å². The number of thioether (sulfide) groups is 1. The van der Waals surface area contributed by atoms with Crippen LogP contribution in [0.2, 0.25) is 0 Å². The van der Waals surface area contributed by atoms with Crippen LogP contribution < -0.4 is 4.90 Å². The number of likely N-dealkylation sites (N-methyl/N-ethyl adjacent to an activating group) is 1. The molecule has 1 amide bonds. The van der Waals surface area contributed by atoms with Gasteiger partial charge in [-0.15, -0.1) is 11.8 Å². The molecule has 1 heterocycles. The summed E-state index contributed by atoms with van der Waals surface area (Å²) in [5.74, 6) is -0.119.